The van der Waals surface area contributed by atoms with E-state index in [2.05, 4.69) is 38.8 Å². The lowest BCUT2D eigenvalue weighted by Gasteiger charge is -2.20. The Labute approximate surface area is 159 Å². The molecule has 1 heterocycles. The molecule has 0 bridgehead atoms. The van der Waals surface area contributed by atoms with Crippen molar-refractivity contribution in [1.82, 2.24) is 15.3 Å². The van der Waals surface area contributed by atoms with Crippen LogP contribution in [0.25, 0.3) is 11.3 Å². The summed E-state index contributed by atoms with van der Waals surface area (Å²) in [6.45, 7) is 6.44. The van der Waals surface area contributed by atoms with E-state index >= 15 is 0 Å². The van der Waals surface area contributed by atoms with E-state index in [1.165, 1.54) is 5.56 Å². The van der Waals surface area contributed by atoms with Gasteiger partial charge in [0.25, 0.3) is 0 Å². The molecular formula is C20H27N5O2. The van der Waals surface area contributed by atoms with Crippen LogP contribution in [0.4, 0.5) is 16.6 Å². The summed E-state index contributed by atoms with van der Waals surface area (Å²) in [7, 11) is 0. The molecule has 7 nitrogen and oxygen atoms in total. The Hall–Kier alpha value is -2.83. The standard InChI is InChI=1S/C20H27N5O2/c1-20(2,3)27-19(26)23-12-11-22-17-15-10-6-8-13-7-4-5-9-14(13)16(15)24-18(21)25-17/h4-5,7,9H,6,8,10-12H2,1-3H3,(H,23,26)(H3,21,22,24,25). The van der Waals surface area contributed by atoms with Crippen LogP contribution in [-0.2, 0) is 17.6 Å². The number of nitrogen functional groups attached to an aromatic ring is 1. The molecule has 1 aromatic carbocycles. The number of nitrogens with two attached hydrogens (primary N) is 1. The van der Waals surface area contributed by atoms with Crippen LogP contribution in [0.15, 0.2) is 24.3 Å². The van der Waals surface area contributed by atoms with Crippen LogP contribution in [0.5, 0.6) is 0 Å². The molecule has 1 aliphatic rings. The summed E-state index contributed by atoms with van der Waals surface area (Å²) in [5, 5.41) is 6.02. The first-order valence-electron chi connectivity index (χ1n) is 9.29. The van der Waals surface area contributed by atoms with Crippen molar-refractivity contribution in [3.63, 3.8) is 0 Å². The smallest absolute Gasteiger partial charge is 0.407 e. The molecule has 0 aliphatic heterocycles. The zero-order chi connectivity index (χ0) is 19.4. The fraction of sp³-hybridized carbons (Fsp3) is 0.450. The predicted molar refractivity (Wildman–Crippen MR) is 107 cm³/mol. The van der Waals surface area contributed by atoms with E-state index in [0.29, 0.717) is 13.1 Å². The number of fused-ring (bicyclic) bond motifs is 3. The number of carbonyl (C=O) groups is 1. The van der Waals surface area contributed by atoms with E-state index in [1.807, 2.05) is 26.8 Å². The molecule has 0 fully saturated rings. The lowest BCUT2D eigenvalue weighted by molar-refractivity contribution is 0.0530. The van der Waals surface area contributed by atoms with Gasteiger partial charge in [0.15, 0.2) is 0 Å². The van der Waals surface area contributed by atoms with Crippen molar-refractivity contribution in [2.45, 2.75) is 45.6 Å². The maximum absolute atomic E-state index is 11.7. The lowest BCUT2D eigenvalue weighted by atomic mass is 10.0. The molecule has 0 atom stereocenters. The predicted octanol–water partition coefficient (Wildman–Crippen LogP) is 3.15. The number of rotatable bonds is 4. The van der Waals surface area contributed by atoms with Crippen molar-refractivity contribution < 1.29 is 9.53 Å². The van der Waals surface area contributed by atoms with Crippen LogP contribution in [0.3, 0.4) is 0 Å². The van der Waals surface area contributed by atoms with Crippen LogP contribution >= 0.6 is 0 Å². The summed E-state index contributed by atoms with van der Waals surface area (Å²) in [5.74, 6) is 0.980. The van der Waals surface area contributed by atoms with E-state index in [4.69, 9.17) is 10.5 Å². The summed E-state index contributed by atoms with van der Waals surface area (Å²) >= 11 is 0. The number of aryl methyl sites for hydroxylation is 1. The Morgan fingerprint density at radius 3 is 2.74 bits per heavy atom. The molecule has 0 saturated heterocycles. The van der Waals surface area contributed by atoms with Crippen LogP contribution < -0.4 is 16.4 Å². The third kappa shape index (κ3) is 4.87. The van der Waals surface area contributed by atoms with Gasteiger partial charge in [-0.2, -0.15) is 4.98 Å². The van der Waals surface area contributed by atoms with Gasteiger partial charge in [-0.25, -0.2) is 9.78 Å². The monoisotopic (exact) mass is 369 g/mol. The minimum atomic E-state index is -0.511. The third-order valence-electron chi connectivity index (χ3n) is 4.26. The Morgan fingerprint density at radius 2 is 1.96 bits per heavy atom. The maximum Gasteiger partial charge on any atom is 0.407 e. The number of anilines is 2. The van der Waals surface area contributed by atoms with E-state index in [0.717, 1.165) is 41.9 Å². The first-order chi connectivity index (χ1) is 12.8. The second-order valence-electron chi connectivity index (χ2n) is 7.62. The van der Waals surface area contributed by atoms with E-state index < -0.39 is 11.7 Å². The molecule has 0 radical (unpaired) electrons. The summed E-state index contributed by atoms with van der Waals surface area (Å²) in [6.07, 6.45) is 2.49. The number of hydrogen-bond acceptors (Lipinski definition) is 6. The van der Waals surface area contributed by atoms with Gasteiger partial charge in [0.1, 0.15) is 11.4 Å². The van der Waals surface area contributed by atoms with Crippen molar-refractivity contribution in [1.29, 1.82) is 0 Å². The first kappa shape index (κ1) is 18.9. The van der Waals surface area contributed by atoms with Crippen LogP contribution in [0.1, 0.15) is 38.3 Å². The second-order valence-corrected chi connectivity index (χ2v) is 7.62. The molecule has 0 saturated carbocycles. The molecule has 4 N–H and O–H groups in total. The average molecular weight is 369 g/mol. The number of nitrogens with zero attached hydrogens (tertiary/aromatic N) is 2. The number of ether oxygens (including phenoxy) is 1. The lowest BCUT2D eigenvalue weighted by Crippen LogP contribution is -2.35. The largest absolute Gasteiger partial charge is 0.444 e. The van der Waals surface area contributed by atoms with Crippen molar-refractivity contribution in [3.8, 4) is 11.3 Å². The van der Waals surface area contributed by atoms with Gasteiger partial charge < -0.3 is 21.1 Å². The Morgan fingerprint density at radius 1 is 1.19 bits per heavy atom. The maximum atomic E-state index is 11.7. The molecule has 3 rings (SSSR count). The average Bonchev–Trinajstić information content (AvgIpc) is 2.77. The van der Waals surface area contributed by atoms with E-state index in [9.17, 15) is 4.79 Å². The summed E-state index contributed by atoms with van der Waals surface area (Å²) < 4.78 is 5.23. The number of aromatic nitrogens is 2. The Bertz CT molecular complexity index is 830. The highest BCUT2D eigenvalue weighted by molar-refractivity contribution is 5.73. The van der Waals surface area contributed by atoms with Crippen molar-refractivity contribution >= 4 is 17.9 Å². The fourth-order valence-corrected chi connectivity index (χ4v) is 3.19. The Kier molecular flexibility index (Phi) is 5.48. The minimum Gasteiger partial charge on any atom is -0.444 e. The van der Waals surface area contributed by atoms with Gasteiger partial charge in [0.2, 0.25) is 5.95 Å². The molecule has 144 valence electrons. The number of benzene rings is 1. The van der Waals surface area contributed by atoms with Gasteiger partial charge in [-0.05, 0) is 45.6 Å². The van der Waals surface area contributed by atoms with Crippen LogP contribution in [-0.4, -0.2) is 34.8 Å². The van der Waals surface area contributed by atoms with Crippen molar-refractivity contribution in [2.75, 3.05) is 24.1 Å². The van der Waals surface area contributed by atoms with Crippen LogP contribution in [0.2, 0.25) is 0 Å². The highest BCUT2D eigenvalue weighted by atomic mass is 16.6. The van der Waals surface area contributed by atoms with E-state index in [1.54, 1.807) is 0 Å². The van der Waals surface area contributed by atoms with Gasteiger partial charge in [0, 0.05) is 24.2 Å². The summed E-state index contributed by atoms with van der Waals surface area (Å²) in [4.78, 5) is 20.6. The quantitative estimate of drug-likeness (QED) is 0.716. The van der Waals surface area contributed by atoms with Crippen molar-refractivity contribution in [3.05, 3.63) is 35.4 Å². The molecule has 1 aromatic heterocycles. The molecule has 7 heteroatoms. The number of hydrogen-bond donors (Lipinski definition) is 3. The first-order valence-corrected chi connectivity index (χ1v) is 9.29. The zero-order valence-corrected chi connectivity index (χ0v) is 16.1. The topological polar surface area (TPSA) is 102 Å². The van der Waals surface area contributed by atoms with Crippen molar-refractivity contribution in [2.24, 2.45) is 0 Å². The molecule has 2 aromatic rings. The minimum absolute atomic E-state index is 0.244. The van der Waals surface area contributed by atoms with Gasteiger partial charge in [0.05, 0.1) is 5.69 Å². The van der Waals surface area contributed by atoms with E-state index in [-0.39, 0.29) is 5.95 Å². The van der Waals surface area contributed by atoms with Gasteiger partial charge in [-0.15, -0.1) is 0 Å². The second kappa shape index (κ2) is 7.82. The zero-order valence-electron chi connectivity index (χ0n) is 16.1. The number of carbonyl (C=O) groups excluding carboxylic acids is 1. The number of nitrogens with one attached hydrogen (secondary N) is 2. The highest BCUT2D eigenvalue weighted by Gasteiger charge is 2.20. The third-order valence-corrected chi connectivity index (χ3v) is 4.26. The highest BCUT2D eigenvalue weighted by Crippen LogP contribution is 2.34. The number of amides is 1. The normalized spacial score (nSPS) is 13.1. The molecule has 0 spiro atoms. The van der Waals surface area contributed by atoms with Gasteiger partial charge >= 0.3 is 6.09 Å². The van der Waals surface area contributed by atoms with Crippen LogP contribution in [0, 0.1) is 0 Å². The van der Waals surface area contributed by atoms with Gasteiger partial charge in [-0.1, -0.05) is 24.3 Å². The molecule has 1 amide bonds. The fourth-order valence-electron chi connectivity index (χ4n) is 3.19. The van der Waals surface area contributed by atoms with Gasteiger partial charge in [-0.3, -0.25) is 0 Å². The molecule has 1 aliphatic carbocycles. The molecular weight excluding hydrogens is 342 g/mol. The summed E-state index contributed by atoms with van der Waals surface area (Å²) in [6, 6.07) is 8.29. The SMILES string of the molecule is CC(C)(C)OC(=O)NCCNc1nc(N)nc2c1CCCc1ccccc1-2. The molecule has 27 heavy (non-hydrogen) atoms. The number of alkyl carbamates (subject to hydrolysis) is 1. The molecule has 0 unspecified atom stereocenters. The Balaban J connectivity index is 1.71. The summed E-state index contributed by atoms with van der Waals surface area (Å²) in [5.41, 5.74) is 9.83.